The highest BCUT2D eigenvalue weighted by Crippen LogP contribution is 2.30. The second-order valence-electron chi connectivity index (χ2n) is 3.54. The molecule has 3 aromatic rings. The van der Waals surface area contributed by atoms with Crippen LogP contribution in [0.2, 0.25) is 0 Å². The van der Waals surface area contributed by atoms with E-state index in [1.54, 1.807) is 17.4 Å². The smallest absolute Gasteiger partial charge is 0.153 e. The van der Waals surface area contributed by atoms with Gasteiger partial charge >= 0.3 is 0 Å². The predicted molar refractivity (Wildman–Crippen MR) is 71.6 cm³/mol. The average Bonchev–Trinajstić information content (AvgIpc) is 2.93. The summed E-state index contributed by atoms with van der Waals surface area (Å²) in [5, 5.41) is 0. The molecule has 0 aliphatic heterocycles. The van der Waals surface area contributed by atoms with E-state index in [4.69, 9.17) is 0 Å². The zero-order valence-corrected chi connectivity index (χ0v) is 11.0. The fourth-order valence-corrected chi connectivity index (χ4v) is 3.04. The average molecular weight is 307 g/mol. The van der Waals surface area contributed by atoms with Gasteiger partial charge in [0, 0.05) is 12.4 Å². The van der Waals surface area contributed by atoms with Gasteiger partial charge in [0.25, 0.3) is 0 Å². The van der Waals surface area contributed by atoms with Crippen molar-refractivity contribution in [2.75, 3.05) is 0 Å². The van der Waals surface area contributed by atoms with Gasteiger partial charge in [0.2, 0.25) is 0 Å². The lowest BCUT2D eigenvalue weighted by Crippen LogP contribution is -1.88. The van der Waals surface area contributed by atoms with Gasteiger partial charge in [0.1, 0.15) is 5.65 Å². The first-order chi connectivity index (χ1) is 8.28. The molecule has 0 amide bonds. The zero-order chi connectivity index (χ0) is 11.8. The van der Waals surface area contributed by atoms with E-state index in [1.807, 2.05) is 35.0 Å². The van der Waals surface area contributed by atoms with Crippen molar-refractivity contribution in [2.24, 2.45) is 0 Å². The molecule has 3 heterocycles. The van der Waals surface area contributed by atoms with Crippen LogP contribution in [-0.2, 0) is 0 Å². The molecule has 0 bridgehead atoms. The molecule has 0 unspecified atom stereocenters. The van der Waals surface area contributed by atoms with Crippen LogP contribution < -0.4 is 0 Å². The number of carbonyl (C=O) groups is 1. The van der Waals surface area contributed by atoms with E-state index in [-0.39, 0.29) is 0 Å². The van der Waals surface area contributed by atoms with Crippen molar-refractivity contribution in [1.29, 1.82) is 0 Å². The lowest BCUT2D eigenvalue weighted by Gasteiger charge is -1.93. The Balaban J connectivity index is 2.23. The number of halogens is 1. The number of aldehydes is 1. The number of aromatic nitrogens is 2. The number of hydrogen-bond donors (Lipinski definition) is 0. The van der Waals surface area contributed by atoms with Crippen molar-refractivity contribution < 1.29 is 4.79 Å². The molecule has 84 valence electrons. The van der Waals surface area contributed by atoms with E-state index in [2.05, 4.69) is 20.9 Å². The molecule has 0 atom stereocenters. The number of carbonyl (C=O) groups excluding carboxylic acids is 1. The third-order valence-electron chi connectivity index (χ3n) is 2.47. The minimum absolute atomic E-state index is 0.606. The Morgan fingerprint density at radius 2 is 2.24 bits per heavy atom. The second kappa shape index (κ2) is 4.09. The molecule has 0 aromatic carbocycles. The molecule has 0 N–H and O–H groups in total. The molecule has 3 aromatic heterocycles. The van der Waals surface area contributed by atoms with Gasteiger partial charge in [0.05, 0.1) is 19.9 Å². The Bertz CT molecular complexity index is 701. The number of rotatable bonds is 2. The maximum absolute atomic E-state index is 10.9. The van der Waals surface area contributed by atoms with Gasteiger partial charge in [-0.3, -0.25) is 4.79 Å². The normalized spacial score (nSPS) is 10.9. The molecule has 3 nitrogen and oxygen atoms in total. The lowest BCUT2D eigenvalue weighted by molar-refractivity contribution is 0.112. The van der Waals surface area contributed by atoms with E-state index in [0.29, 0.717) is 11.2 Å². The fourth-order valence-electron chi connectivity index (χ4n) is 1.70. The van der Waals surface area contributed by atoms with Crippen LogP contribution in [0.25, 0.3) is 16.2 Å². The summed E-state index contributed by atoms with van der Waals surface area (Å²) in [6.07, 6.45) is 4.65. The monoisotopic (exact) mass is 306 g/mol. The van der Waals surface area contributed by atoms with Crippen molar-refractivity contribution >= 4 is 39.2 Å². The summed E-state index contributed by atoms with van der Waals surface area (Å²) in [4.78, 5) is 16.5. The first kappa shape index (κ1) is 10.7. The van der Waals surface area contributed by atoms with Crippen LogP contribution >= 0.6 is 27.3 Å². The first-order valence-electron chi connectivity index (χ1n) is 4.96. The van der Waals surface area contributed by atoms with Gasteiger partial charge in [-0.25, -0.2) is 4.98 Å². The summed E-state index contributed by atoms with van der Waals surface area (Å²) in [7, 11) is 0. The van der Waals surface area contributed by atoms with Gasteiger partial charge in [-0.05, 0) is 40.2 Å². The minimum atomic E-state index is 0.606. The quantitative estimate of drug-likeness (QED) is 0.677. The lowest BCUT2D eigenvalue weighted by atomic mass is 10.3. The molecule has 0 saturated carbocycles. The van der Waals surface area contributed by atoms with Crippen molar-refractivity contribution in [3.05, 3.63) is 46.0 Å². The highest BCUT2D eigenvalue weighted by Gasteiger charge is 2.08. The van der Waals surface area contributed by atoms with Gasteiger partial charge in [0.15, 0.2) is 6.29 Å². The standard InChI is InChI=1S/C12H7BrN2OS/c13-11-4-3-10(17-11)9-6-15-5-1-2-8(7-16)12(15)14-9/h1-7H. The summed E-state index contributed by atoms with van der Waals surface area (Å²) in [5.74, 6) is 0. The molecule has 0 aliphatic carbocycles. The number of hydrogen-bond acceptors (Lipinski definition) is 3. The largest absolute Gasteiger partial charge is 0.306 e. The van der Waals surface area contributed by atoms with Gasteiger partial charge in [-0.1, -0.05) is 0 Å². The molecule has 5 heteroatoms. The van der Waals surface area contributed by atoms with Crippen LogP contribution in [0.1, 0.15) is 10.4 Å². The Hall–Kier alpha value is -1.46. The Labute approximate surface area is 110 Å². The highest BCUT2D eigenvalue weighted by molar-refractivity contribution is 9.11. The molecular formula is C12H7BrN2OS. The number of thiophene rings is 1. The first-order valence-corrected chi connectivity index (χ1v) is 6.57. The van der Waals surface area contributed by atoms with E-state index in [0.717, 1.165) is 20.6 Å². The summed E-state index contributed by atoms with van der Waals surface area (Å²) in [5.41, 5.74) is 2.19. The fraction of sp³-hybridized carbons (Fsp3) is 0. The Kier molecular flexibility index (Phi) is 2.57. The molecule has 17 heavy (non-hydrogen) atoms. The molecule has 0 fully saturated rings. The third kappa shape index (κ3) is 1.81. The molecule has 0 saturated heterocycles. The number of imidazole rings is 1. The summed E-state index contributed by atoms with van der Waals surface area (Å²) < 4.78 is 2.94. The van der Waals surface area contributed by atoms with Crippen LogP contribution in [-0.4, -0.2) is 15.7 Å². The van der Waals surface area contributed by atoms with Gasteiger partial charge in [-0.2, -0.15) is 0 Å². The summed E-state index contributed by atoms with van der Waals surface area (Å²) in [6, 6.07) is 7.61. The maximum atomic E-state index is 10.9. The Morgan fingerprint density at radius 1 is 1.35 bits per heavy atom. The maximum Gasteiger partial charge on any atom is 0.153 e. The summed E-state index contributed by atoms with van der Waals surface area (Å²) in [6.45, 7) is 0. The van der Waals surface area contributed by atoms with Crippen LogP contribution in [0.3, 0.4) is 0 Å². The molecular weight excluding hydrogens is 300 g/mol. The zero-order valence-electron chi connectivity index (χ0n) is 8.63. The van der Waals surface area contributed by atoms with Crippen molar-refractivity contribution in [3.63, 3.8) is 0 Å². The van der Waals surface area contributed by atoms with Gasteiger partial charge < -0.3 is 4.40 Å². The molecule has 3 rings (SSSR count). The second-order valence-corrected chi connectivity index (χ2v) is 6.01. The minimum Gasteiger partial charge on any atom is -0.306 e. The van der Waals surface area contributed by atoms with Crippen molar-refractivity contribution in [1.82, 2.24) is 9.38 Å². The third-order valence-corrected chi connectivity index (χ3v) is 4.11. The van der Waals surface area contributed by atoms with Crippen LogP contribution in [0.4, 0.5) is 0 Å². The molecule has 0 spiro atoms. The van der Waals surface area contributed by atoms with Crippen molar-refractivity contribution in [3.8, 4) is 10.6 Å². The Morgan fingerprint density at radius 3 is 2.94 bits per heavy atom. The number of nitrogens with zero attached hydrogens (tertiary/aromatic N) is 2. The topological polar surface area (TPSA) is 34.4 Å². The number of pyridine rings is 1. The highest BCUT2D eigenvalue weighted by atomic mass is 79.9. The predicted octanol–water partition coefficient (Wildman–Crippen LogP) is 3.64. The van der Waals surface area contributed by atoms with Crippen LogP contribution in [0.15, 0.2) is 40.4 Å². The number of fused-ring (bicyclic) bond motifs is 1. The molecule has 0 radical (unpaired) electrons. The van der Waals surface area contributed by atoms with Crippen LogP contribution in [0, 0.1) is 0 Å². The van der Waals surface area contributed by atoms with Crippen LogP contribution in [0.5, 0.6) is 0 Å². The van der Waals surface area contributed by atoms with E-state index >= 15 is 0 Å². The summed E-state index contributed by atoms with van der Waals surface area (Å²) >= 11 is 5.05. The van der Waals surface area contributed by atoms with E-state index in [1.165, 1.54) is 0 Å². The van der Waals surface area contributed by atoms with Crippen molar-refractivity contribution in [2.45, 2.75) is 0 Å². The molecule has 0 aliphatic rings. The SMILES string of the molecule is O=Cc1cccn2cc(-c3ccc(Br)s3)nc12. The van der Waals surface area contributed by atoms with E-state index in [9.17, 15) is 4.79 Å². The van der Waals surface area contributed by atoms with E-state index < -0.39 is 0 Å². The van der Waals surface area contributed by atoms with Gasteiger partial charge in [-0.15, -0.1) is 11.3 Å².